The first-order chi connectivity index (χ1) is 8.95. The summed E-state index contributed by atoms with van der Waals surface area (Å²) in [5.74, 6) is 1.71. The lowest BCUT2D eigenvalue weighted by molar-refractivity contribution is -0.0871. The summed E-state index contributed by atoms with van der Waals surface area (Å²) in [5, 5.41) is 0. The van der Waals surface area contributed by atoms with Crippen LogP contribution in [0.3, 0.4) is 0 Å². The summed E-state index contributed by atoms with van der Waals surface area (Å²) in [4.78, 5) is 2.92. The lowest BCUT2D eigenvalue weighted by atomic mass is 9.67. The minimum Gasteiger partial charge on any atom is -0.292 e. The monoisotopic (exact) mass is 265 g/mol. The predicted molar refractivity (Wildman–Crippen MR) is 84.5 cm³/mol. The molecule has 0 aliphatic heterocycles. The summed E-state index contributed by atoms with van der Waals surface area (Å²) in [6, 6.07) is 0. The molecule has 0 aromatic rings. The SMILES string of the molecule is CCN(C1(C)CCCCC1C)C1(C)CCCCC1C. The Morgan fingerprint density at radius 3 is 1.58 bits per heavy atom. The third-order valence-corrected chi connectivity index (χ3v) is 6.81. The molecule has 0 heterocycles. The van der Waals surface area contributed by atoms with Crippen molar-refractivity contribution in [3.8, 4) is 0 Å². The van der Waals surface area contributed by atoms with Crippen LogP contribution in [-0.2, 0) is 0 Å². The Morgan fingerprint density at radius 1 is 0.842 bits per heavy atom. The van der Waals surface area contributed by atoms with Gasteiger partial charge in [0.25, 0.3) is 0 Å². The van der Waals surface area contributed by atoms with Gasteiger partial charge in [-0.2, -0.15) is 0 Å². The highest BCUT2D eigenvalue weighted by atomic mass is 15.3. The standard InChI is InChI=1S/C18H35N/c1-6-19(17(4)13-9-7-11-15(17)2)18(5)14-10-8-12-16(18)3/h15-16H,6-14H2,1-5H3. The van der Waals surface area contributed by atoms with E-state index in [1.54, 1.807) is 0 Å². The first-order valence-corrected chi connectivity index (χ1v) is 8.73. The van der Waals surface area contributed by atoms with Gasteiger partial charge in [-0.15, -0.1) is 0 Å². The Bertz CT molecular complexity index is 272. The summed E-state index contributed by atoms with van der Waals surface area (Å²) in [6.07, 6.45) is 11.4. The van der Waals surface area contributed by atoms with Crippen LogP contribution in [-0.4, -0.2) is 22.5 Å². The van der Waals surface area contributed by atoms with Crippen LogP contribution in [0.15, 0.2) is 0 Å². The maximum absolute atomic E-state index is 2.92. The second-order valence-electron chi connectivity index (χ2n) is 7.75. The van der Waals surface area contributed by atoms with Gasteiger partial charge in [0.1, 0.15) is 0 Å². The summed E-state index contributed by atoms with van der Waals surface area (Å²) >= 11 is 0. The van der Waals surface area contributed by atoms with Gasteiger partial charge in [0.15, 0.2) is 0 Å². The average Bonchev–Trinajstić information content (AvgIpc) is 2.38. The topological polar surface area (TPSA) is 3.24 Å². The Balaban J connectivity index is 2.27. The lowest BCUT2D eigenvalue weighted by Gasteiger charge is -2.59. The summed E-state index contributed by atoms with van der Waals surface area (Å²) < 4.78 is 0. The lowest BCUT2D eigenvalue weighted by Crippen LogP contribution is -2.64. The van der Waals surface area contributed by atoms with Gasteiger partial charge >= 0.3 is 0 Å². The van der Waals surface area contributed by atoms with Gasteiger partial charge in [-0.25, -0.2) is 0 Å². The molecule has 2 aliphatic carbocycles. The van der Waals surface area contributed by atoms with Gasteiger partial charge in [-0.3, -0.25) is 4.90 Å². The van der Waals surface area contributed by atoms with Crippen LogP contribution in [0, 0.1) is 11.8 Å². The zero-order valence-corrected chi connectivity index (χ0v) is 14.0. The third kappa shape index (κ3) is 2.60. The molecule has 2 fully saturated rings. The molecule has 1 nitrogen and oxygen atoms in total. The van der Waals surface area contributed by atoms with E-state index in [4.69, 9.17) is 0 Å². The van der Waals surface area contributed by atoms with Crippen molar-refractivity contribution < 1.29 is 0 Å². The fourth-order valence-electron chi connectivity index (χ4n) is 5.09. The highest BCUT2D eigenvalue weighted by molar-refractivity contribution is 5.03. The van der Waals surface area contributed by atoms with Crippen LogP contribution >= 0.6 is 0 Å². The molecule has 4 atom stereocenters. The van der Waals surface area contributed by atoms with Gasteiger partial charge < -0.3 is 0 Å². The van der Waals surface area contributed by atoms with Crippen molar-refractivity contribution in [1.82, 2.24) is 4.90 Å². The minimum atomic E-state index is 0.438. The fraction of sp³-hybridized carbons (Fsp3) is 1.00. The van der Waals surface area contributed by atoms with Crippen molar-refractivity contribution in [3.63, 3.8) is 0 Å². The van der Waals surface area contributed by atoms with Gasteiger partial charge in [-0.1, -0.05) is 46.5 Å². The second kappa shape index (κ2) is 5.76. The van der Waals surface area contributed by atoms with E-state index < -0.39 is 0 Å². The van der Waals surface area contributed by atoms with Crippen molar-refractivity contribution in [3.05, 3.63) is 0 Å². The van der Waals surface area contributed by atoms with Gasteiger partial charge in [0.2, 0.25) is 0 Å². The van der Waals surface area contributed by atoms with Gasteiger partial charge in [-0.05, 0) is 57.9 Å². The van der Waals surface area contributed by atoms with E-state index in [-0.39, 0.29) is 0 Å². The quantitative estimate of drug-likeness (QED) is 0.674. The van der Waals surface area contributed by atoms with Crippen LogP contribution < -0.4 is 0 Å². The van der Waals surface area contributed by atoms with E-state index in [1.165, 1.54) is 57.9 Å². The summed E-state index contributed by atoms with van der Waals surface area (Å²) in [5.41, 5.74) is 0.876. The van der Waals surface area contributed by atoms with Crippen LogP contribution in [0.5, 0.6) is 0 Å². The van der Waals surface area contributed by atoms with Crippen molar-refractivity contribution >= 4 is 0 Å². The number of nitrogens with zero attached hydrogens (tertiary/aromatic N) is 1. The zero-order chi connectivity index (χ0) is 14.1. The number of rotatable bonds is 3. The summed E-state index contributed by atoms with van der Waals surface area (Å²) in [6.45, 7) is 13.7. The Labute approximate surface area is 121 Å². The highest BCUT2D eigenvalue weighted by Crippen LogP contribution is 2.47. The normalized spacial score (nSPS) is 44.5. The molecule has 4 unspecified atom stereocenters. The first-order valence-electron chi connectivity index (χ1n) is 8.73. The maximum atomic E-state index is 2.92. The van der Waals surface area contributed by atoms with Crippen LogP contribution in [0.4, 0.5) is 0 Å². The molecule has 0 aromatic heterocycles. The second-order valence-corrected chi connectivity index (χ2v) is 7.75. The van der Waals surface area contributed by atoms with Crippen molar-refractivity contribution in [1.29, 1.82) is 0 Å². The van der Waals surface area contributed by atoms with E-state index >= 15 is 0 Å². The molecule has 0 bridgehead atoms. The Kier molecular flexibility index (Phi) is 4.65. The Morgan fingerprint density at radius 2 is 1.26 bits per heavy atom. The molecular weight excluding hydrogens is 230 g/mol. The molecule has 0 radical (unpaired) electrons. The van der Waals surface area contributed by atoms with Crippen molar-refractivity contribution in [2.75, 3.05) is 6.54 Å². The highest BCUT2D eigenvalue weighted by Gasteiger charge is 2.48. The molecule has 1 heteroatoms. The first kappa shape index (κ1) is 15.4. The van der Waals surface area contributed by atoms with Crippen LogP contribution in [0.2, 0.25) is 0 Å². The third-order valence-electron chi connectivity index (χ3n) is 6.81. The van der Waals surface area contributed by atoms with E-state index in [0.717, 1.165) is 11.8 Å². The molecule has 0 aromatic carbocycles. The minimum absolute atomic E-state index is 0.438. The molecular formula is C18H35N. The van der Waals surface area contributed by atoms with E-state index in [0.29, 0.717) is 11.1 Å². The predicted octanol–water partition coefficient (Wildman–Crippen LogP) is 5.25. The van der Waals surface area contributed by atoms with E-state index in [2.05, 4.69) is 39.5 Å². The van der Waals surface area contributed by atoms with Crippen molar-refractivity contribution in [2.45, 2.75) is 97.1 Å². The van der Waals surface area contributed by atoms with E-state index in [9.17, 15) is 0 Å². The molecule has 2 saturated carbocycles. The van der Waals surface area contributed by atoms with E-state index in [1.807, 2.05) is 0 Å². The van der Waals surface area contributed by atoms with Gasteiger partial charge in [0.05, 0.1) is 0 Å². The zero-order valence-electron chi connectivity index (χ0n) is 14.0. The molecule has 2 aliphatic rings. The molecule has 0 amide bonds. The molecule has 2 rings (SSSR count). The summed E-state index contributed by atoms with van der Waals surface area (Å²) in [7, 11) is 0. The molecule has 0 saturated heterocycles. The Hall–Kier alpha value is -0.0400. The maximum Gasteiger partial charge on any atom is 0.0212 e. The molecule has 19 heavy (non-hydrogen) atoms. The average molecular weight is 265 g/mol. The number of hydrogen-bond donors (Lipinski definition) is 0. The largest absolute Gasteiger partial charge is 0.292 e. The molecule has 0 N–H and O–H groups in total. The number of hydrogen-bond acceptors (Lipinski definition) is 1. The van der Waals surface area contributed by atoms with Gasteiger partial charge in [0, 0.05) is 11.1 Å². The molecule has 112 valence electrons. The van der Waals surface area contributed by atoms with Crippen molar-refractivity contribution in [2.24, 2.45) is 11.8 Å². The van der Waals surface area contributed by atoms with Crippen LogP contribution in [0.1, 0.15) is 86.0 Å². The molecule has 0 spiro atoms. The smallest absolute Gasteiger partial charge is 0.0212 e. The fourth-order valence-corrected chi connectivity index (χ4v) is 5.09. The van der Waals surface area contributed by atoms with Crippen LogP contribution in [0.25, 0.3) is 0 Å².